The third kappa shape index (κ3) is 3.14. The number of rotatable bonds is 3. The van der Waals surface area contributed by atoms with Crippen LogP contribution >= 0.6 is 0 Å². The number of aryl methyl sites for hydroxylation is 1. The molecule has 0 bridgehead atoms. The fraction of sp³-hybridized carbons (Fsp3) is 0.300. The van der Waals surface area contributed by atoms with Crippen molar-refractivity contribution in [3.63, 3.8) is 0 Å². The second-order valence-corrected chi connectivity index (χ2v) is 3.10. The van der Waals surface area contributed by atoms with E-state index in [2.05, 4.69) is 10.6 Å². The molecule has 0 radical (unpaired) electrons. The minimum Gasteiger partial charge on any atom is -0.325 e. The van der Waals surface area contributed by atoms with E-state index in [4.69, 9.17) is 0 Å². The van der Waals surface area contributed by atoms with Gasteiger partial charge in [0.2, 0.25) is 5.91 Å². The Bertz CT molecular complexity index is 319. The van der Waals surface area contributed by atoms with E-state index in [1.807, 2.05) is 0 Å². The molecule has 0 atom stereocenters. The van der Waals surface area contributed by atoms with Crippen molar-refractivity contribution in [1.82, 2.24) is 5.32 Å². The molecule has 0 aliphatic rings. The number of anilines is 1. The number of carbonyl (C=O) groups is 1. The van der Waals surface area contributed by atoms with Crippen LogP contribution in [0.5, 0.6) is 0 Å². The second kappa shape index (κ2) is 4.72. The van der Waals surface area contributed by atoms with E-state index in [1.54, 1.807) is 20.0 Å². The first-order chi connectivity index (χ1) is 6.61. The highest BCUT2D eigenvalue weighted by Crippen LogP contribution is 2.12. The van der Waals surface area contributed by atoms with Crippen molar-refractivity contribution in [2.45, 2.75) is 6.92 Å². The maximum Gasteiger partial charge on any atom is 0.238 e. The van der Waals surface area contributed by atoms with Gasteiger partial charge in [0.1, 0.15) is 5.82 Å². The van der Waals surface area contributed by atoms with Gasteiger partial charge in [0.25, 0.3) is 0 Å². The summed E-state index contributed by atoms with van der Waals surface area (Å²) in [5, 5.41) is 5.29. The normalized spacial score (nSPS) is 9.93. The predicted molar refractivity (Wildman–Crippen MR) is 53.7 cm³/mol. The Balaban J connectivity index is 2.71. The van der Waals surface area contributed by atoms with Crippen molar-refractivity contribution in [3.05, 3.63) is 29.6 Å². The minimum absolute atomic E-state index is 0.183. The van der Waals surface area contributed by atoms with Gasteiger partial charge >= 0.3 is 0 Å². The second-order valence-electron chi connectivity index (χ2n) is 3.10. The van der Waals surface area contributed by atoms with Crippen LogP contribution in [0, 0.1) is 12.7 Å². The lowest BCUT2D eigenvalue weighted by atomic mass is 10.2. The van der Waals surface area contributed by atoms with Crippen LogP contribution < -0.4 is 10.6 Å². The molecule has 1 aromatic rings. The summed E-state index contributed by atoms with van der Waals surface area (Å²) in [4.78, 5) is 11.1. The van der Waals surface area contributed by atoms with E-state index >= 15 is 0 Å². The molecule has 1 rings (SSSR count). The zero-order chi connectivity index (χ0) is 10.6. The molecule has 0 aromatic heterocycles. The van der Waals surface area contributed by atoms with E-state index in [0.717, 1.165) is 5.56 Å². The Labute approximate surface area is 82.3 Å². The van der Waals surface area contributed by atoms with E-state index < -0.39 is 0 Å². The Kier molecular flexibility index (Phi) is 3.59. The van der Waals surface area contributed by atoms with Crippen molar-refractivity contribution in [2.75, 3.05) is 18.9 Å². The summed E-state index contributed by atoms with van der Waals surface area (Å²) < 4.78 is 12.9. The molecule has 4 heteroatoms. The molecule has 2 N–H and O–H groups in total. The molecule has 0 aliphatic carbocycles. The van der Waals surface area contributed by atoms with Crippen LogP contribution in [0.25, 0.3) is 0 Å². The zero-order valence-corrected chi connectivity index (χ0v) is 8.23. The SMILES string of the molecule is CNCC(=O)Nc1cc(C)cc(F)c1. The first kappa shape index (κ1) is 10.7. The Hall–Kier alpha value is -1.42. The average molecular weight is 196 g/mol. The number of halogens is 1. The molecule has 76 valence electrons. The summed E-state index contributed by atoms with van der Waals surface area (Å²) in [6.07, 6.45) is 0. The third-order valence-corrected chi connectivity index (χ3v) is 1.66. The standard InChI is InChI=1S/C10H13FN2O/c1-7-3-8(11)5-9(4-7)13-10(14)6-12-2/h3-5,12H,6H2,1-2H3,(H,13,14). The lowest BCUT2D eigenvalue weighted by molar-refractivity contribution is -0.115. The number of amides is 1. The number of hydrogen-bond acceptors (Lipinski definition) is 2. The van der Waals surface area contributed by atoms with Crippen LogP contribution in [0.3, 0.4) is 0 Å². The molecule has 0 heterocycles. The van der Waals surface area contributed by atoms with Crippen molar-refractivity contribution in [1.29, 1.82) is 0 Å². The topological polar surface area (TPSA) is 41.1 Å². The van der Waals surface area contributed by atoms with Gasteiger partial charge in [-0.3, -0.25) is 4.79 Å². The highest BCUT2D eigenvalue weighted by molar-refractivity contribution is 5.92. The fourth-order valence-corrected chi connectivity index (χ4v) is 1.17. The summed E-state index contributed by atoms with van der Waals surface area (Å²) in [7, 11) is 1.68. The van der Waals surface area contributed by atoms with Gasteiger partial charge in [0.05, 0.1) is 6.54 Å². The lowest BCUT2D eigenvalue weighted by Gasteiger charge is -2.05. The zero-order valence-electron chi connectivity index (χ0n) is 8.23. The minimum atomic E-state index is -0.343. The molecular weight excluding hydrogens is 183 g/mol. The summed E-state index contributed by atoms with van der Waals surface area (Å²) in [5.41, 5.74) is 1.27. The van der Waals surface area contributed by atoms with Crippen LogP contribution in [-0.4, -0.2) is 19.5 Å². The summed E-state index contributed by atoms with van der Waals surface area (Å²) in [6.45, 7) is 1.99. The summed E-state index contributed by atoms with van der Waals surface area (Å²) in [5.74, 6) is -0.526. The van der Waals surface area contributed by atoms with Gasteiger partial charge < -0.3 is 10.6 Å². The lowest BCUT2D eigenvalue weighted by Crippen LogP contribution is -2.25. The third-order valence-electron chi connectivity index (χ3n) is 1.66. The molecular formula is C10H13FN2O. The van der Waals surface area contributed by atoms with E-state index in [-0.39, 0.29) is 18.3 Å². The summed E-state index contributed by atoms with van der Waals surface area (Å²) in [6, 6.07) is 4.42. The fourth-order valence-electron chi connectivity index (χ4n) is 1.17. The molecule has 1 aromatic carbocycles. The Morgan fingerprint density at radius 1 is 1.43 bits per heavy atom. The molecule has 3 nitrogen and oxygen atoms in total. The number of likely N-dealkylation sites (N-methyl/N-ethyl adjacent to an activating group) is 1. The van der Waals surface area contributed by atoms with Gasteiger partial charge in [-0.2, -0.15) is 0 Å². The molecule has 0 spiro atoms. The van der Waals surface area contributed by atoms with Crippen molar-refractivity contribution in [2.24, 2.45) is 0 Å². The van der Waals surface area contributed by atoms with Crippen molar-refractivity contribution >= 4 is 11.6 Å². The highest BCUT2D eigenvalue weighted by Gasteiger charge is 2.02. The number of hydrogen-bond donors (Lipinski definition) is 2. The van der Waals surface area contributed by atoms with Crippen LogP contribution in [0.15, 0.2) is 18.2 Å². The van der Waals surface area contributed by atoms with Gasteiger partial charge in [-0.05, 0) is 37.7 Å². The molecule has 1 amide bonds. The monoisotopic (exact) mass is 196 g/mol. The van der Waals surface area contributed by atoms with Crippen LogP contribution in [0.4, 0.5) is 10.1 Å². The quantitative estimate of drug-likeness (QED) is 0.764. The Morgan fingerprint density at radius 3 is 2.71 bits per heavy atom. The molecule has 14 heavy (non-hydrogen) atoms. The molecule has 0 aliphatic heterocycles. The first-order valence-corrected chi connectivity index (χ1v) is 4.33. The summed E-state index contributed by atoms with van der Waals surface area (Å²) >= 11 is 0. The number of benzene rings is 1. The highest BCUT2D eigenvalue weighted by atomic mass is 19.1. The molecule has 0 saturated carbocycles. The van der Waals surface area contributed by atoms with Gasteiger partial charge in [0.15, 0.2) is 0 Å². The smallest absolute Gasteiger partial charge is 0.238 e. The van der Waals surface area contributed by atoms with Crippen LogP contribution in [0.2, 0.25) is 0 Å². The van der Waals surface area contributed by atoms with Crippen LogP contribution in [0.1, 0.15) is 5.56 Å². The van der Waals surface area contributed by atoms with E-state index in [0.29, 0.717) is 5.69 Å². The number of carbonyl (C=O) groups excluding carboxylic acids is 1. The molecule has 0 saturated heterocycles. The molecule has 0 unspecified atom stereocenters. The maximum atomic E-state index is 12.9. The van der Waals surface area contributed by atoms with E-state index in [1.165, 1.54) is 12.1 Å². The first-order valence-electron chi connectivity index (χ1n) is 4.33. The number of nitrogens with one attached hydrogen (secondary N) is 2. The Morgan fingerprint density at radius 2 is 2.14 bits per heavy atom. The molecule has 0 fully saturated rings. The van der Waals surface area contributed by atoms with Gasteiger partial charge in [-0.15, -0.1) is 0 Å². The predicted octanol–water partition coefficient (Wildman–Crippen LogP) is 1.29. The maximum absolute atomic E-state index is 12.9. The average Bonchev–Trinajstić information content (AvgIpc) is 2.01. The van der Waals surface area contributed by atoms with Crippen molar-refractivity contribution in [3.8, 4) is 0 Å². The van der Waals surface area contributed by atoms with E-state index in [9.17, 15) is 9.18 Å². The van der Waals surface area contributed by atoms with Gasteiger partial charge in [-0.25, -0.2) is 4.39 Å². The van der Waals surface area contributed by atoms with Crippen LogP contribution in [-0.2, 0) is 4.79 Å². The largest absolute Gasteiger partial charge is 0.325 e. The van der Waals surface area contributed by atoms with Gasteiger partial charge in [0, 0.05) is 5.69 Å². The van der Waals surface area contributed by atoms with Gasteiger partial charge in [-0.1, -0.05) is 0 Å². The van der Waals surface area contributed by atoms with Crippen molar-refractivity contribution < 1.29 is 9.18 Å².